The Bertz CT molecular complexity index is 2620. The number of anilines is 1. The molecular formula is C41H32N6O6. The molecule has 9 rings (SSSR count). The molecule has 262 valence electrons. The fourth-order valence-electron chi connectivity index (χ4n) is 7.39. The Labute approximate surface area is 302 Å². The molecule has 4 aliphatic rings. The van der Waals surface area contributed by atoms with Gasteiger partial charge in [0.25, 0.3) is 5.91 Å². The summed E-state index contributed by atoms with van der Waals surface area (Å²) < 4.78 is 17.2. The summed E-state index contributed by atoms with van der Waals surface area (Å²) in [5, 5.41) is 19.3. The van der Waals surface area contributed by atoms with Crippen molar-refractivity contribution >= 4 is 28.5 Å². The fraction of sp³-hybridized carbons (Fsp3) is 0.146. The largest absolute Gasteiger partial charge is 0.478 e. The molecule has 12 nitrogen and oxygen atoms in total. The molecule has 12 heteroatoms. The van der Waals surface area contributed by atoms with Crippen molar-refractivity contribution in [3.05, 3.63) is 120 Å². The van der Waals surface area contributed by atoms with E-state index in [0.29, 0.717) is 76.4 Å². The van der Waals surface area contributed by atoms with Crippen LogP contribution >= 0.6 is 0 Å². The number of imidazole rings is 1. The number of carbonyl (C=O) groups excluding carboxylic acids is 1. The van der Waals surface area contributed by atoms with Crippen molar-refractivity contribution in [2.24, 2.45) is 0 Å². The zero-order valence-electron chi connectivity index (χ0n) is 28.3. The second kappa shape index (κ2) is 12.7. The van der Waals surface area contributed by atoms with E-state index in [4.69, 9.17) is 30.0 Å². The average Bonchev–Trinajstić information content (AvgIpc) is 3.87. The molecule has 0 atom stereocenters. The number of carboxylic acids is 1. The quantitative estimate of drug-likeness (QED) is 0.103. The summed E-state index contributed by atoms with van der Waals surface area (Å²) in [6, 6.07) is 24.6. The van der Waals surface area contributed by atoms with Crippen LogP contribution in [0.3, 0.4) is 0 Å². The van der Waals surface area contributed by atoms with Gasteiger partial charge in [-0.2, -0.15) is 0 Å². The third-order valence-electron chi connectivity index (χ3n) is 10.0. The van der Waals surface area contributed by atoms with Gasteiger partial charge in [0, 0.05) is 70.7 Å². The molecule has 0 spiro atoms. The highest BCUT2D eigenvalue weighted by atomic mass is 16.7. The molecule has 3 aromatic carbocycles. The van der Waals surface area contributed by atoms with E-state index in [1.807, 2.05) is 30.3 Å². The number of likely N-dealkylation sites (tertiary alicyclic amines) is 1. The van der Waals surface area contributed by atoms with Crippen molar-refractivity contribution in [2.75, 3.05) is 25.6 Å². The number of carboxylic acid groups (broad SMARTS) is 1. The number of nitrogens with one attached hydrogen (secondary N) is 2. The number of ether oxygens (including phenoxy) is 2. The van der Waals surface area contributed by atoms with Gasteiger partial charge in [-0.05, 0) is 84.6 Å². The predicted molar refractivity (Wildman–Crippen MR) is 197 cm³/mol. The maximum atomic E-state index is 14.0. The minimum atomic E-state index is -1.12. The molecular weight excluding hydrogens is 672 g/mol. The molecule has 0 radical (unpaired) electrons. The van der Waals surface area contributed by atoms with E-state index in [1.54, 1.807) is 65.8 Å². The van der Waals surface area contributed by atoms with Gasteiger partial charge in [-0.1, -0.05) is 12.1 Å². The first-order chi connectivity index (χ1) is 25.8. The molecule has 5 N–H and O–H groups in total. The summed E-state index contributed by atoms with van der Waals surface area (Å²) in [4.78, 5) is 41.3. The van der Waals surface area contributed by atoms with Crippen molar-refractivity contribution in [1.29, 1.82) is 5.41 Å². The second-order valence-electron chi connectivity index (χ2n) is 13.2. The second-order valence-corrected chi connectivity index (χ2v) is 13.2. The van der Waals surface area contributed by atoms with Gasteiger partial charge in [0.1, 0.15) is 17.2 Å². The number of pyridine rings is 1. The SMILES string of the molecule is N=c1ccc2c(-c3cc(C(=O)N4CCC(c5ncc(-c6ncccc6-c6ccc7c(c6)OCO7)[nH]5)CC4)ccc3C(=O)O)c3ccc(N)cc3oc-2c1. The number of piperidine rings is 1. The Morgan fingerprint density at radius 1 is 0.887 bits per heavy atom. The van der Waals surface area contributed by atoms with Gasteiger partial charge in [0.05, 0.1) is 28.5 Å². The maximum Gasteiger partial charge on any atom is 0.336 e. The smallest absolute Gasteiger partial charge is 0.336 e. The van der Waals surface area contributed by atoms with Crippen LogP contribution in [0.5, 0.6) is 11.5 Å². The third-order valence-corrected chi connectivity index (χ3v) is 10.0. The van der Waals surface area contributed by atoms with Gasteiger partial charge in [-0.25, -0.2) is 9.78 Å². The molecule has 5 aromatic rings. The molecule has 1 amide bonds. The first kappa shape index (κ1) is 32.0. The van der Waals surface area contributed by atoms with Crippen LogP contribution in [0, 0.1) is 5.41 Å². The minimum absolute atomic E-state index is 0.0454. The van der Waals surface area contributed by atoms with Gasteiger partial charge >= 0.3 is 5.97 Å². The molecule has 0 unspecified atom stereocenters. The number of hydrogen-bond donors (Lipinski definition) is 4. The normalized spacial score (nSPS) is 14.2. The van der Waals surface area contributed by atoms with Gasteiger partial charge in [0.15, 0.2) is 11.5 Å². The number of rotatable bonds is 6. The highest BCUT2D eigenvalue weighted by Gasteiger charge is 2.29. The van der Waals surface area contributed by atoms with E-state index in [1.165, 1.54) is 6.07 Å². The van der Waals surface area contributed by atoms with Gasteiger partial charge in [0.2, 0.25) is 6.79 Å². The molecule has 53 heavy (non-hydrogen) atoms. The highest BCUT2D eigenvalue weighted by Crippen LogP contribution is 2.43. The van der Waals surface area contributed by atoms with Crippen molar-refractivity contribution in [3.8, 4) is 56.5 Å². The number of nitrogen functional groups attached to an aromatic ring is 1. The Balaban J connectivity index is 0.979. The van der Waals surface area contributed by atoms with Crippen molar-refractivity contribution in [3.63, 3.8) is 0 Å². The van der Waals surface area contributed by atoms with Crippen LogP contribution in [0.2, 0.25) is 0 Å². The Morgan fingerprint density at radius 3 is 2.58 bits per heavy atom. The van der Waals surface area contributed by atoms with E-state index in [9.17, 15) is 14.7 Å². The van der Waals surface area contributed by atoms with Gasteiger partial charge in [-0.15, -0.1) is 0 Å². The van der Waals surface area contributed by atoms with Crippen LogP contribution in [0.1, 0.15) is 45.3 Å². The number of H-pyrrole nitrogens is 1. The summed E-state index contributed by atoms with van der Waals surface area (Å²) >= 11 is 0. The van der Waals surface area contributed by atoms with Crippen molar-refractivity contribution in [1.82, 2.24) is 19.9 Å². The summed E-state index contributed by atoms with van der Waals surface area (Å²) in [6.07, 6.45) is 4.96. The van der Waals surface area contributed by atoms with Crippen molar-refractivity contribution in [2.45, 2.75) is 18.8 Å². The van der Waals surface area contributed by atoms with E-state index in [0.717, 1.165) is 34.1 Å². The number of fused-ring (bicyclic) bond motifs is 3. The summed E-state index contributed by atoms with van der Waals surface area (Å²) in [7, 11) is 0. The Kier molecular flexibility index (Phi) is 7.65. The lowest BCUT2D eigenvalue weighted by Crippen LogP contribution is -2.38. The maximum absolute atomic E-state index is 14.0. The highest BCUT2D eigenvalue weighted by molar-refractivity contribution is 6.09. The zero-order chi connectivity index (χ0) is 36.2. The van der Waals surface area contributed by atoms with E-state index in [-0.39, 0.29) is 29.5 Å². The molecule has 3 aliphatic heterocycles. The molecule has 2 aromatic heterocycles. The number of hydrogen-bond acceptors (Lipinski definition) is 9. The molecule has 0 saturated carbocycles. The number of nitrogens with two attached hydrogens (primary N) is 1. The van der Waals surface area contributed by atoms with E-state index >= 15 is 0 Å². The summed E-state index contributed by atoms with van der Waals surface area (Å²) in [6.45, 7) is 1.21. The molecule has 1 fully saturated rings. The van der Waals surface area contributed by atoms with Crippen molar-refractivity contribution < 1.29 is 28.6 Å². The van der Waals surface area contributed by atoms with Crippen LogP contribution in [-0.4, -0.2) is 56.7 Å². The summed E-state index contributed by atoms with van der Waals surface area (Å²) in [5.41, 5.74) is 12.5. The number of benzene rings is 4. The van der Waals surface area contributed by atoms with Crippen LogP contribution in [-0.2, 0) is 0 Å². The molecule has 1 saturated heterocycles. The number of carbonyl (C=O) groups is 2. The lowest BCUT2D eigenvalue weighted by molar-refractivity contribution is 0.0689. The van der Waals surface area contributed by atoms with Crippen LogP contribution in [0.25, 0.3) is 55.9 Å². The lowest BCUT2D eigenvalue weighted by atomic mass is 9.89. The van der Waals surface area contributed by atoms with E-state index < -0.39 is 5.97 Å². The minimum Gasteiger partial charge on any atom is -0.478 e. The number of aromatic carboxylic acids is 1. The Morgan fingerprint density at radius 2 is 1.74 bits per heavy atom. The number of nitrogens with zero attached hydrogens (tertiary/aromatic N) is 3. The number of amides is 1. The predicted octanol–water partition coefficient (Wildman–Crippen LogP) is 7.17. The average molecular weight is 705 g/mol. The molecule has 0 bridgehead atoms. The Hall–Kier alpha value is -6.95. The van der Waals surface area contributed by atoms with E-state index in [2.05, 4.69) is 9.97 Å². The van der Waals surface area contributed by atoms with Crippen LogP contribution in [0.15, 0.2) is 102 Å². The summed E-state index contributed by atoms with van der Waals surface area (Å²) in [5.74, 6) is 1.47. The standard InChI is InChI=1S/C41H32N6O6/c42-25-5-8-29-34(18-25)53-35-19-26(43)6-9-30(35)37(29)31-16-24(3-7-28(31)41(49)50)40(48)47-14-11-22(12-15-47)39-45-20-32(46-39)38-27(2-1-13-44-38)23-4-10-33-36(17-23)52-21-51-33/h1-10,13,16-20,22,42H,11-12,14-15,21,43H2,(H,45,46)(H,49,50). The third kappa shape index (κ3) is 5.70. The van der Waals surface area contributed by atoms with Gasteiger partial charge in [-0.3, -0.25) is 9.78 Å². The topological polar surface area (TPSA) is 181 Å². The zero-order valence-corrected chi connectivity index (χ0v) is 28.3. The fourth-order valence-corrected chi connectivity index (χ4v) is 7.39. The lowest BCUT2D eigenvalue weighted by Gasteiger charge is -2.31. The van der Waals surface area contributed by atoms with Crippen LogP contribution in [0.4, 0.5) is 5.69 Å². The first-order valence-electron chi connectivity index (χ1n) is 17.2. The van der Waals surface area contributed by atoms with Crippen LogP contribution < -0.4 is 20.6 Å². The number of aromatic amines is 1. The first-order valence-corrected chi connectivity index (χ1v) is 17.2. The number of aromatic nitrogens is 3. The monoisotopic (exact) mass is 704 g/mol. The van der Waals surface area contributed by atoms with Gasteiger partial charge < -0.3 is 40.0 Å². The molecule has 1 aliphatic carbocycles. The molecule has 5 heterocycles.